The first-order chi connectivity index (χ1) is 14.2. The number of aromatic nitrogens is 1. The molecule has 1 heterocycles. The Morgan fingerprint density at radius 1 is 0.897 bits per heavy atom. The summed E-state index contributed by atoms with van der Waals surface area (Å²) in [7, 11) is 0. The highest BCUT2D eigenvalue weighted by Gasteiger charge is 2.26. The first-order valence-corrected chi connectivity index (χ1v) is 10.3. The summed E-state index contributed by atoms with van der Waals surface area (Å²) in [4.78, 5) is 3.78. The van der Waals surface area contributed by atoms with Crippen molar-refractivity contribution in [1.82, 2.24) is 4.98 Å². The number of hydrogen-bond donors (Lipinski definition) is 2. The van der Waals surface area contributed by atoms with Crippen LogP contribution < -0.4 is 0 Å². The van der Waals surface area contributed by atoms with Crippen molar-refractivity contribution in [1.29, 1.82) is 0 Å². The molecular weight excluding hydrogens is 358 g/mol. The van der Waals surface area contributed by atoms with Gasteiger partial charge < -0.3 is 10.2 Å². The first-order valence-electron chi connectivity index (χ1n) is 10.3. The summed E-state index contributed by atoms with van der Waals surface area (Å²) in [6.07, 6.45) is 6.51. The van der Waals surface area contributed by atoms with Gasteiger partial charge in [0.25, 0.3) is 0 Å². The van der Waals surface area contributed by atoms with Crippen molar-refractivity contribution in [2.45, 2.75) is 26.2 Å². The highest BCUT2D eigenvalue weighted by Crippen LogP contribution is 2.38. The highest BCUT2D eigenvalue weighted by atomic mass is 16.3. The van der Waals surface area contributed by atoms with Gasteiger partial charge in [-0.25, -0.2) is 0 Å². The lowest BCUT2D eigenvalue weighted by atomic mass is 9.74. The van der Waals surface area contributed by atoms with Crippen LogP contribution in [0, 0.1) is 11.8 Å². The van der Waals surface area contributed by atoms with Crippen molar-refractivity contribution >= 4 is 21.5 Å². The fraction of sp³-hybridized carbons (Fsp3) is 0.269. The van der Waals surface area contributed by atoms with E-state index in [1.165, 1.54) is 21.9 Å². The Kier molecular flexibility index (Phi) is 5.77. The molecule has 3 nitrogen and oxygen atoms in total. The number of pyridine rings is 1. The van der Waals surface area contributed by atoms with Crippen molar-refractivity contribution in [3.05, 3.63) is 84.2 Å². The van der Waals surface area contributed by atoms with Gasteiger partial charge >= 0.3 is 0 Å². The number of phenols is 1. The van der Waals surface area contributed by atoms with Crippen LogP contribution in [-0.4, -0.2) is 21.8 Å². The first kappa shape index (κ1) is 19.4. The fourth-order valence-corrected chi connectivity index (χ4v) is 4.51. The fourth-order valence-electron chi connectivity index (χ4n) is 4.51. The Morgan fingerprint density at radius 2 is 1.66 bits per heavy atom. The molecule has 29 heavy (non-hydrogen) atoms. The number of aliphatic hydroxyl groups is 1. The molecule has 1 aromatic heterocycles. The third kappa shape index (κ3) is 4.10. The molecular formula is C26H27NO2. The number of fused-ring (bicyclic) bond motifs is 5. The Labute approximate surface area is 171 Å². The quantitative estimate of drug-likeness (QED) is 0.447. The van der Waals surface area contributed by atoms with Gasteiger partial charge in [-0.15, -0.1) is 0 Å². The molecule has 1 aliphatic rings. The van der Waals surface area contributed by atoms with Gasteiger partial charge in [-0.2, -0.15) is 0 Å². The van der Waals surface area contributed by atoms with Gasteiger partial charge in [0, 0.05) is 19.0 Å². The summed E-state index contributed by atoms with van der Waals surface area (Å²) in [6, 6.07) is 20.1. The smallest absolute Gasteiger partial charge is 0.116 e. The van der Waals surface area contributed by atoms with Crippen LogP contribution >= 0.6 is 0 Å². The third-order valence-electron chi connectivity index (χ3n) is 6.09. The molecule has 4 aromatic rings. The number of aromatic hydroxyl groups is 1. The molecule has 2 unspecified atom stereocenters. The molecule has 2 N–H and O–H groups in total. The molecule has 1 aliphatic carbocycles. The van der Waals surface area contributed by atoms with Gasteiger partial charge in [-0.05, 0) is 88.0 Å². The van der Waals surface area contributed by atoms with Gasteiger partial charge in [0.15, 0.2) is 0 Å². The van der Waals surface area contributed by atoms with Crippen LogP contribution in [0.15, 0.2) is 73.1 Å². The Bertz CT molecular complexity index is 1080. The van der Waals surface area contributed by atoms with E-state index in [4.69, 9.17) is 0 Å². The van der Waals surface area contributed by atoms with Gasteiger partial charge in [0.1, 0.15) is 5.75 Å². The van der Waals surface area contributed by atoms with Crippen molar-refractivity contribution in [3.8, 4) is 5.75 Å². The molecule has 2 atom stereocenters. The molecule has 0 aliphatic heterocycles. The minimum absolute atomic E-state index is 0.270. The number of benzene rings is 3. The van der Waals surface area contributed by atoms with Crippen molar-refractivity contribution < 1.29 is 10.2 Å². The second-order valence-electron chi connectivity index (χ2n) is 7.95. The normalized spacial score (nSPS) is 18.1. The summed E-state index contributed by atoms with van der Waals surface area (Å²) < 4.78 is 0. The molecule has 0 saturated carbocycles. The zero-order valence-corrected chi connectivity index (χ0v) is 16.8. The zero-order chi connectivity index (χ0) is 20.2. The minimum Gasteiger partial charge on any atom is -0.508 e. The van der Waals surface area contributed by atoms with E-state index < -0.39 is 0 Å². The number of nitrogens with zero attached hydrogens (tertiary/aromatic N) is 1. The van der Waals surface area contributed by atoms with Crippen LogP contribution in [0.25, 0.3) is 21.5 Å². The van der Waals surface area contributed by atoms with E-state index in [1.807, 2.05) is 30.3 Å². The number of aliphatic hydroxyl groups excluding tert-OH is 1. The zero-order valence-electron chi connectivity index (χ0n) is 16.8. The van der Waals surface area contributed by atoms with Crippen LogP contribution in [-0.2, 0) is 12.8 Å². The van der Waals surface area contributed by atoms with Crippen LogP contribution in [0.5, 0.6) is 5.75 Å². The Morgan fingerprint density at radius 3 is 2.34 bits per heavy atom. The molecule has 3 heteroatoms. The van der Waals surface area contributed by atoms with E-state index in [9.17, 15) is 10.2 Å². The van der Waals surface area contributed by atoms with E-state index in [-0.39, 0.29) is 6.61 Å². The van der Waals surface area contributed by atoms with E-state index in [2.05, 4.69) is 36.2 Å². The lowest BCUT2D eigenvalue weighted by molar-refractivity contribution is 0.217. The molecule has 0 bridgehead atoms. The second-order valence-corrected chi connectivity index (χ2v) is 7.95. The average molecular weight is 386 g/mol. The van der Waals surface area contributed by atoms with Crippen LogP contribution in [0.1, 0.15) is 24.5 Å². The van der Waals surface area contributed by atoms with E-state index in [0.717, 1.165) is 30.0 Å². The number of rotatable bonds is 2. The lowest BCUT2D eigenvalue weighted by Crippen LogP contribution is -2.24. The van der Waals surface area contributed by atoms with E-state index in [1.54, 1.807) is 18.5 Å². The van der Waals surface area contributed by atoms with Crippen molar-refractivity contribution in [2.24, 2.45) is 11.8 Å². The number of hydrogen-bond acceptors (Lipinski definition) is 3. The van der Waals surface area contributed by atoms with Gasteiger partial charge in [0.05, 0.1) is 0 Å². The average Bonchev–Trinajstić information content (AvgIpc) is 2.76. The SMILES string of the molecule is CC1Cc2ccc3c(ccc4ccc(O)cc43)c2CC1CCO.c1ccncc1. The molecule has 148 valence electrons. The minimum atomic E-state index is 0.270. The summed E-state index contributed by atoms with van der Waals surface area (Å²) in [5.41, 5.74) is 2.88. The standard InChI is InChI=1S/C21H22O2.C5H5N/c1-13-10-16-4-7-19-18(20(16)11-15(13)8-9-22)6-3-14-2-5-17(23)12-21(14)19;1-2-4-6-5-3-1/h2-7,12-13,15,22-23H,8-11H2,1H3;1-5H. The summed E-state index contributed by atoms with van der Waals surface area (Å²) in [6.45, 7) is 2.57. The highest BCUT2D eigenvalue weighted by molar-refractivity contribution is 6.09. The summed E-state index contributed by atoms with van der Waals surface area (Å²) in [5.74, 6) is 1.49. The topological polar surface area (TPSA) is 53.4 Å². The maximum atomic E-state index is 9.85. The molecule has 5 rings (SSSR count). The van der Waals surface area contributed by atoms with Crippen molar-refractivity contribution in [2.75, 3.05) is 6.61 Å². The third-order valence-corrected chi connectivity index (χ3v) is 6.09. The molecule has 3 aromatic carbocycles. The summed E-state index contributed by atoms with van der Waals surface area (Å²) >= 11 is 0. The maximum Gasteiger partial charge on any atom is 0.116 e. The predicted octanol–water partition coefficient (Wildman–Crippen LogP) is 5.51. The Balaban J connectivity index is 0.000000294. The molecule has 0 saturated heterocycles. The number of phenolic OH excluding ortho intramolecular Hbond substituents is 1. The van der Waals surface area contributed by atoms with Crippen molar-refractivity contribution in [3.63, 3.8) is 0 Å². The van der Waals surface area contributed by atoms with Crippen LogP contribution in [0.3, 0.4) is 0 Å². The molecule has 0 spiro atoms. The Hall–Kier alpha value is -2.91. The van der Waals surface area contributed by atoms with Gasteiger partial charge in [-0.1, -0.05) is 43.3 Å². The predicted molar refractivity (Wildman–Crippen MR) is 119 cm³/mol. The molecule has 0 radical (unpaired) electrons. The second kappa shape index (κ2) is 8.62. The molecule has 0 amide bonds. The van der Waals surface area contributed by atoms with Gasteiger partial charge in [0.2, 0.25) is 0 Å². The lowest BCUT2D eigenvalue weighted by Gasteiger charge is -2.31. The van der Waals surface area contributed by atoms with Crippen LogP contribution in [0.2, 0.25) is 0 Å². The maximum absolute atomic E-state index is 9.85. The van der Waals surface area contributed by atoms with E-state index >= 15 is 0 Å². The largest absolute Gasteiger partial charge is 0.508 e. The van der Waals surface area contributed by atoms with Gasteiger partial charge in [-0.3, -0.25) is 4.98 Å². The monoisotopic (exact) mass is 385 g/mol. The summed E-state index contributed by atoms with van der Waals surface area (Å²) in [5, 5.41) is 24.0. The van der Waals surface area contributed by atoms with E-state index in [0.29, 0.717) is 17.6 Å². The van der Waals surface area contributed by atoms with Crippen LogP contribution in [0.4, 0.5) is 0 Å². The molecule has 0 fully saturated rings.